The van der Waals surface area contributed by atoms with Crippen LogP contribution in [0.1, 0.15) is 63.8 Å². The van der Waals surface area contributed by atoms with Crippen LogP contribution in [-0.4, -0.2) is 29.6 Å². The van der Waals surface area contributed by atoms with Gasteiger partial charge in [-0.2, -0.15) is 0 Å². The molecule has 1 aromatic heterocycles. The van der Waals surface area contributed by atoms with E-state index in [1.807, 2.05) is 0 Å². The fourth-order valence-electron chi connectivity index (χ4n) is 2.56. The highest BCUT2D eigenvalue weighted by Gasteiger charge is 2.28. The molecule has 4 nitrogen and oxygen atoms in total. The molecule has 112 valence electrons. The second-order valence-corrected chi connectivity index (χ2v) is 5.67. The van der Waals surface area contributed by atoms with Crippen LogP contribution in [0.25, 0.3) is 0 Å². The number of anilines is 2. The summed E-state index contributed by atoms with van der Waals surface area (Å²) in [5.41, 5.74) is 1.19. The van der Waals surface area contributed by atoms with Crippen LogP contribution in [0.2, 0.25) is 0 Å². The highest BCUT2D eigenvalue weighted by Crippen LogP contribution is 2.40. The predicted octanol–water partition coefficient (Wildman–Crippen LogP) is 3.72. The summed E-state index contributed by atoms with van der Waals surface area (Å²) in [5, 5.41) is 3.40. The summed E-state index contributed by atoms with van der Waals surface area (Å²) in [5.74, 6) is 3.80. The summed E-state index contributed by atoms with van der Waals surface area (Å²) in [6.07, 6.45) is 4.79. The summed E-state index contributed by atoms with van der Waals surface area (Å²) in [6, 6.07) is 0. The molecule has 2 rings (SSSR count). The van der Waals surface area contributed by atoms with Crippen LogP contribution in [0.5, 0.6) is 0 Å². The Balaban J connectivity index is 2.37. The molecule has 0 aromatic carbocycles. The summed E-state index contributed by atoms with van der Waals surface area (Å²) < 4.78 is 0. The van der Waals surface area contributed by atoms with Gasteiger partial charge in [-0.1, -0.05) is 13.8 Å². The largest absolute Gasteiger partial charge is 0.370 e. The second-order valence-electron chi connectivity index (χ2n) is 5.67. The normalized spacial score (nSPS) is 14.4. The number of hydrogen-bond donors (Lipinski definition) is 1. The van der Waals surface area contributed by atoms with Crippen molar-refractivity contribution in [3.05, 3.63) is 11.4 Å². The standard InChI is InChI=1S/C16H28N4/c1-5-10-20(11-6-2)16-12(4)14(17-7-3)18-15(19-16)13-8-9-13/h13H,5-11H2,1-4H3,(H,17,18,19). The average Bonchev–Trinajstić information content (AvgIpc) is 3.26. The SMILES string of the molecule is CCCN(CCC)c1nc(C2CC2)nc(NCC)c1C. The van der Waals surface area contributed by atoms with Gasteiger partial charge in [-0.05, 0) is 39.5 Å². The molecule has 1 fully saturated rings. The number of hydrogen-bond acceptors (Lipinski definition) is 4. The Labute approximate surface area is 123 Å². The molecule has 0 unspecified atom stereocenters. The van der Waals surface area contributed by atoms with E-state index in [0.717, 1.165) is 49.9 Å². The zero-order valence-corrected chi connectivity index (χ0v) is 13.4. The Bertz CT molecular complexity index is 434. The van der Waals surface area contributed by atoms with Crippen molar-refractivity contribution in [2.24, 2.45) is 0 Å². The van der Waals surface area contributed by atoms with Crippen LogP contribution in [-0.2, 0) is 0 Å². The monoisotopic (exact) mass is 276 g/mol. The van der Waals surface area contributed by atoms with E-state index in [-0.39, 0.29) is 0 Å². The van der Waals surface area contributed by atoms with Crippen LogP contribution in [0.15, 0.2) is 0 Å². The lowest BCUT2D eigenvalue weighted by Crippen LogP contribution is -2.27. The van der Waals surface area contributed by atoms with Crippen molar-refractivity contribution in [3.8, 4) is 0 Å². The summed E-state index contributed by atoms with van der Waals surface area (Å²) >= 11 is 0. The topological polar surface area (TPSA) is 41.1 Å². The third kappa shape index (κ3) is 3.41. The van der Waals surface area contributed by atoms with Gasteiger partial charge < -0.3 is 10.2 Å². The first-order valence-corrected chi connectivity index (χ1v) is 8.08. The quantitative estimate of drug-likeness (QED) is 0.785. The molecular formula is C16H28N4. The molecule has 0 saturated heterocycles. The third-order valence-corrected chi connectivity index (χ3v) is 3.71. The zero-order chi connectivity index (χ0) is 14.5. The van der Waals surface area contributed by atoms with Crippen molar-refractivity contribution in [2.45, 2.75) is 59.3 Å². The molecular weight excluding hydrogens is 248 g/mol. The molecule has 1 N–H and O–H groups in total. The zero-order valence-electron chi connectivity index (χ0n) is 13.4. The van der Waals surface area contributed by atoms with E-state index >= 15 is 0 Å². The van der Waals surface area contributed by atoms with Crippen molar-refractivity contribution in [1.82, 2.24) is 9.97 Å². The molecule has 0 atom stereocenters. The van der Waals surface area contributed by atoms with Crippen molar-refractivity contribution in [2.75, 3.05) is 29.9 Å². The highest BCUT2D eigenvalue weighted by atomic mass is 15.2. The number of nitrogens with one attached hydrogen (secondary N) is 1. The van der Waals surface area contributed by atoms with Crippen LogP contribution < -0.4 is 10.2 Å². The summed E-state index contributed by atoms with van der Waals surface area (Å²) in [4.78, 5) is 12.0. The smallest absolute Gasteiger partial charge is 0.137 e. The Morgan fingerprint density at radius 3 is 2.25 bits per heavy atom. The molecule has 0 spiro atoms. The molecule has 1 heterocycles. The highest BCUT2D eigenvalue weighted by molar-refractivity contribution is 5.59. The van der Waals surface area contributed by atoms with Crippen molar-refractivity contribution in [1.29, 1.82) is 0 Å². The Morgan fingerprint density at radius 1 is 1.10 bits per heavy atom. The maximum Gasteiger partial charge on any atom is 0.137 e. The Morgan fingerprint density at radius 2 is 1.75 bits per heavy atom. The van der Waals surface area contributed by atoms with E-state index in [0.29, 0.717) is 5.92 Å². The summed E-state index contributed by atoms with van der Waals surface area (Å²) in [7, 11) is 0. The number of aromatic nitrogens is 2. The minimum absolute atomic E-state index is 0.594. The molecule has 0 aliphatic heterocycles. The van der Waals surface area contributed by atoms with E-state index in [2.05, 4.69) is 37.9 Å². The Kier molecular flexibility index (Phi) is 5.21. The van der Waals surface area contributed by atoms with E-state index in [1.54, 1.807) is 0 Å². The van der Waals surface area contributed by atoms with Gasteiger partial charge in [0.1, 0.15) is 17.5 Å². The van der Waals surface area contributed by atoms with Crippen LogP contribution in [0, 0.1) is 6.92 Å². The maximum atomic E-state index is 4.89. The van der Waals surface area contributed by atoms with Gasteiger partial charge >= 0.3 is 0 Å². The van der Waals surface area contributed by atoms with Gasteiger partial charge in [0, 0.05) is 31.1 Å². The summed E-state index contributed by atoms with van der Waals surface area (Å²) in [6.45, 7) is 11.8. The fraction of sp³-hybridized carbons (Fsp3) is 0.750. The molecule has 1 aliphatic rings. The molecule has 1 aromatic rings. The lowest BCUT2D eigenvalue weighted by Gasteiger charge is -2.26. The predicted molar refractivity (Wildman–Crippen MR) is 85.7 cm³/mol. The van der Waals surface area contributed by atoms with Crippen LogP contribution in [0.4, 0.5) is 11.6 Å². The lowest BCUT2D eigenvalue weighted by molar-refractivity contribution is 0.723. The molecule has 20 heavy (non-hydrogen) atoms. The number of rotatable bonds is 8. The van der Waals surface area contributed by atoms with Gasteiger partial charge in [-0.25, -0.2) is 9.97 Å². The van der Waals surface area contributed by atoms with E-state index in [4.69, 9.17) is 9.97 Å². The van der Waals surface area contributed by atoms with E-state index < -0.39 is 0 Å². The van der Waals surface area contributed by atoms with Crippen LogP contribution in [0.3, 0.4) is 0 Å². The first kappa shape index (κ1) is 15.1. The average molecular weight is 276 g/mol. The van der Waals surface area contributed by atoms with Gasteiger partial charge in [-0.15, -0.1) is 0 Å². The first-order chi connectivity index (χ1) is 9.71. The third-order valence-electron chi connectivity index (χ3n) is 3.71. The number of nitrogens with zero attached hydrogens (tertiary/aromatic N) is 3. The molecule has 0 radical (unpaired) electrons. The van der Waals surface area contributed by atoms with Gasteiger partial charge in [0.25, 0.3) is 0 Å². The molecule has 0 bridgehead atoms. The molecule has 4 heteroatoms. The van der Waals surface area contributed by atoms with Crippen molar-refractivity contribution in [3.63, 3.8) is 0 Å². The Hall–Kier alpha value is -1.32. The first-order valence-electron chi connectivity index (χ1n) is 8.08. The van der Waals surface area contributed by atoms with E-state index in [9.17, 15) is 0 Å². The second kappa shape index (κ2) is 6.91. The van der Waals surface area contributed by atoms with Gasteiger partial charge in [0.05, 0.1) is 0 Å². The molecule has 1 saturated carbocycles. The van der Waals surface area contributed by atoms with Gasteiger partial charge in [0.2, 0.25) is 0 Å². The lowest BCUT2D eigenvalue weighted by atomic mass is 10.2. The van der Waals surface area contributed by atoms with E-state index in [1.165, 1.54) is 18.4 Å². The van der Waals surface area contributed by atoms with Crippen LogP contribution >= 0.6 is 0 Å². The van der Waals surface area contributed by atoms with Gasteiger partial charge in [-0.3, -0.25) is 0 Å². The maximum absolute atomic E-state index is 4.89. The van der Waals surface area contributed by atoms with Crippen molar-refractivity contribution >= 4 is 11.6 Å². The molecule has 1 aliphatic carbocycles. The minimum atomic E-state index is 0.594. The van der Waals surface area contributed by atoms with Gasteiger partial charge in [0.15, 0.2) is 0 Å². The van der Waals surface area contributed by atoms with Crippen molar-refractivity contribution < 1.29 is 0 Å². The minimum Gasteiger partial charge on any atom is -0.370 e. The molecule has 0 amide bonds. The fourth-order valence-corrected chi connectivity index (χ4v) is 2.56.